The molecule has 0 amide bonds. The minimum Gasteiger partial charge on any atom is -0.493 e. The van der Waals surface area contributed by atoms with Crippen LogP contribution in [-0.2, 0) is 4.74 Å². The molecule has 1 aromatic carbocycles. The summed E-state index contributed by atoms with van der Waals surface area (Å²) in [6, 6.07) is 6.79. The van der Waals surface area contributed by atoms with Gasteiger partial charge in [-0.3, -0.25) is 0 Å². The number of aryl methyl sites for hydroxylation is 1. The second-order valence-corrected chi connectivity index (χ2v) is 4.69. The molecule has 1 aromatic rings. The largest absolute Gasteiger partial charge is 0.493 e. The van der Waals surface area contributed by atoms with E-state index in [1.165, 1.54) is 11.1 Å². The van der Waals surface area contributed by atoms with Crippen LogP contribution in [0.1, 0.15) is 36.9 Å². The van der Waals surface area contributed by atoms with Crippen molar-refractivity contribution in [2.45, 2.75) is 32.7 Å². The predicted octanol–water partition coefficient (Wildman–Crippen LogP) is 2.83. The van der Waals surface area contributed by atoms with Crippen LogP contribution in [0.2, 0.25) is 0 Å². The molecule has 0 bridgehead atoms. The first-order valence-corrected chi connectivity index (χ1v) is 6.86. The quantitative estimate of drug-likeness (QED) is 0.814. The van der Waals surface area contributed by atoms with Crippen LogP contribution in [0, 0.1) is 6.92 Å². The smallest absolute Gasteiger partial charge is 0.126 e. The van der Waals surface area contributed by atoms with E-state index in [2.05, 4.69) is 30.4 Å². The van der Waals surface area contributed by atoms with Crippen LogP contribution in [0.3, 0.4) is 0 Å². The third-order valence-electron chi connectivity index (χ3n) is 3.34. The Labute approximate surface area is 109 Å². The van der Waals surface area contributed by atoms with Crippen LogP contribution in [0.15, 0.2) is 18.2 Å². The first-order valence-electron chi connectivity index (χ1n) is 6.86. The van der Waals surface area contributed by atoms with Crippen LogP contribution in [0.25, 0.3) is 0 Å². The summed E-state index contributed by atoms with van der Waals surface area (Å²) in [4.78, 5) is 0. The summed E-state index contributed by atoms with van der Waals surface area (Å²) in [5, 5.41) is 3.57. The van der Waals surface area contributed by atoms with E-state index in [1.54, 1.807) is 0 Å². The summed E-state index contributed by atoms with van der Waals surface area (Å²) in [6.07, 6.45) is 2.23. The highest BCUT2D eigenvalue weighted by molar-refractivity contribution is 5.43. The molecule has 0 saturated heterocycles. The van der Waals surface area contributed by atoms with Gasteiger partial charge in [0.25, 0.3) is 0 Å². The van der Waals surface area contributed by atoms with E-state index in [1.807, 2.05) is 6.92 Å². The third-order valence-corrected chi connectivity index (χ3v) is 3.34. The van der Waals surface area contributed by atoms with Crippen LogP contribution in [0.4, 0.5) is 0 Å². The number of rotatable bonds is 5. The molecular formula is C15H23NO2. The minimum absolute atomic E-state index is 0.392. The summed E-state index contributed by atoms with van der Waals surface area (Å²) in [6.45, 7) is 7.41. The number of fused-ring (bicyclic) bond motifs is 1. The van der Waals surface area contributed by atoms with Gasteiger partial charge in [0.05, 0.1) is 13.2 Å². The average Bonchev–Trinajstić information content (AvgIpc) is 2.58. The van der Waals surface area contributed by atoms with E-state index in [-0.39, 0.29) is 0 Å². The molecule has 1 heterocycles. The molecule has 0 aliphatic carbocycles. The lowest BCUT2D eigenvalue weighted by atomic mass is 10.00. The highest BCUT2D eigenvalue weighted by atomic mass is 16.5. The monoisotopic (exact) mass is 249 g/mol. The van der Waals surface area contributed by atoms with Gasteiger partial charge in [0.2, 0.25) is 0 Å². The van der Waals surface area contributed by atoms with Crippen molar-refractivity contribution in [3.63, 3.8) is 0 Å². The molecule has 3 nitrogen and oxygen atoms in total. The Morgan fingerprint density at radius 1 is 1.44 bits per heavy atom. The maximum atomic E-state index is 5.87. The molecule has 2 rings (SSSR count). The number of para-hydroxylation sites is 1. The molecule has 1 atom stereocenters. The normalized spacial score (nSPS) is 18.9. The van der Waals surface area contributed by atoms with Gasteiger partial charge in [-0.1, -0.05) is 18.2 Å². The fourth-order valence-corrected chi connectivity index (χ4v) is 2.43. The van der Waals surface area contributed by atoms with Crippen molar-refractivity contribution in [3.8, 4) is 5.75 Å². The summed E-state index contributed by atoms with van der Waals surface area (Å²) in [5.74, 6) is 1.07. The van der Waals surface area contributed by atoms with E-state index >= 15 is 0 Å². The molecule has 0 fully saturated rings. The maximum Gasteiger partial charge on any atom is 0.126 e. The molecule has 18 heavy (non-hydrogen) atoms. The molecule has 3 heteroatoms. The fourth-order valence-electron chi connectivity index (χ4n) is 2.43. The van der Waals surface area contributed by atoms with E-state index in [0.717, 1.165) is 45.0 Å². The molecule has 1 N–H and O–H groups in total. The van der Waals surface area contributed by atoms with Gasteiger partial charge >= 0.3 is 0 Å². The molecule has 100 valence electrons. The molecule has 0 saturated carbocycles. The third kappa shape index (κ3) is 3.24. The van der Waals surface area contributed by atoms with Crippen LogP contribution >= 0.6 is 0 Å². The Kier molecular flexibility index (Phi) is 5.02. The Hall–Kier alpha value is -1.06. The number of hydrogen-bond donors (Lipinski definition) is 1. The van der Waals surface area contributed by atoms with E-state index in [9.17, 15) is 0 Å². The van der Waals surface area contributed by atoms with Crippen LogP contribution in [-0.4, -0.2) is 26.4 Å². The van der Waals surface area contributed by atoms with Crippen molar-refractivity contribution in [1.82, 2.24) is 5.32 Å². The summed E-state index contributed by atoms with van der Waals surface area (Å²) >= 11 is 0. The van der Waals surface area contributed by atoms with Gasteiger partial charge in [-0.05, 0) is 32.3 Å². The SMILES string of the molecule is CCOCCNC1CCCOc2c(C)cccc21. The van der Waals surface area contributed by atoms with Gasteiger partial charge in [-0.2, -0.15) is 0 Å². The van der Waals surface area contributed by atoms with Crippen molar-refractivity contribution >= 4 is 0 Å². The molecule has 0 spiro atoms. The van der Waals surface area contributed by atoms with E-state index < -0.39 is 0 Å². The van der Waals surface area contributed by atoms with E-state index in [0.29, 0.717) is 6.04 Å². The Bertz CT molecular complexity index is 379. The van der Waals surface area contributed by atoms with Gasteiger partial charge in [0, 0.05) is 24.8 Å². The average molecular weight is 249 g/mol. The predicted molar refractivity (Wildman–Crippen MR) is 73.1 cm³/mol. The molecule has 1 aliphatic rings. The fraction of sp³-hybridized carbons (Fsp3) is 0.600. The molecule has 1 unspecified atom stereocenters. The van der Waals surface area contributed by atoms with E-state index in [4.69, 9.17) is 9.47 Å². The van der Waals surface area contributed by atoms with Gasteiger partial charge < -0.3 is 14.8 Å². The Morgan fingerprint density at radius 2 is 2.33 bits per heavy atom. The van der Waals surface area contributed by atoms with Crippen LogP contribution < -0.4 is 10.1 Å². The molecule has 0 radical (unpaired) electrons. The maximum absolute atomic E-state index is 5.87. The van der Waals surface area contributed by atoms with Gasteiger partial charge in [0.1, 0.15) is 5.75 Å². The van der Waals surface area contributed by atoms with Crippen molar-refractivity contribution in [1.29, 1.82) is 0 Å². The first-order chi connectivity index (χ1) is 8.83. The number of benzene rings is 1. The highest BCUT2D eigenvalue weighted by Crippen LogP contribution is 2.33. The summed E-state index contributed by atoms with van der Waals surface area (Å²) in [7, 11) is 0. The van der Waals surface area contributed by atoms with Gasteiger partial charge in [-0.15, -0.1) is 0 Å². The van der Waals surface area contributed by atoms with Crippen molar-refractivity contribution in [2.75, 3.05) is 26.4 Å². The minimum atomic E-state index is 0.392. The lowest BCUT2D eigenvalue weighted by Crippen LogP contribution is -2.25. The van der Waals surface area contributed by atoms with Crippen molar-refractivity contribution in [2.24, 2.45) is 0 Å². The summed E-state index contributed by atoms with van der Waals surface area (Å²) < 4.78 is 11.2. The lowest BCUT2D eigenvalue weighted by molar-refractivity contribution is 0.146. The van der Waals surface area contributed by atoms with Gasteiger partial charge in [-0.25, -0.2) is 0 Å². The standard InChI is InChI=1S/C15H23NO2/c1-3-17-11-9-16-14-8-5-10-18-15-12(2)6-4-7-13(14)15/h4,6-7,14,16H,3,5,8-11H2,1-2H3. The second kappa shape index (κ2) is 6.76. The van der Waals surface area contributed by atoms with Crippen molar-refractivity contribution in [3.05, 3.63) is 29.3 Å². The number of ether oxygens (including phenoxy) is 2. The van der Waals surface area contributed by atoms with Crippen LogP contribution in [0.5, 0.6) is 5.75 Å². The van der Waals surface area contributed by atoms with Gasteiger partial charge in [0.15, 0.2) is 0 Å². The zero-order valence-corrected chi connectivity index (χ0v) is 11.4. The van der Waals surface area contributed by atoms with Crippen molar-refractivity contribution < 1.29 is 9.47 Å². The lowest BCUT2D eigenvalue weighted by Gasteiger charge is -2.19. The topological polar surface area (TPSA) is 30.5 Å². The highest BCUT2D eigenvalue weighted by Gasteiger charge is 2.20. The Balaban J connectivity index is 2.05. The zero-order valence-electron chi connectivity index (χ0n) is 11.4. The zero-order chi connectivity index (χ0) is 12.8. The second-order valence-electron chi connectivity index (χ2n) is 4.69. The number of nitrogens with one attached hydrogen (secondary N) is 1. The number of hydrogen-bond acceptors (Lipinski definition) is 3. The molecule has 1 aliphatic heterocycles. The first kappa shape index (κ1) is 13.4. The molecular weight excluding hydrogens is 226 g/mol. The summed E-state index contributed by atoms with van der Waals surface area (Å²) in [5.41, 5.74) is 2.52. The molecule has 0 aromatic heterocycles. The Morgan fingerprint density at radius 3 is 3.17 bits per heavy atom.